The van der Waals surface area contributed by atoms with Crippen LogP contribution >= 0.6 is 0 Å². The molecule has 1 N–H and O–H groups in total. The highest BCUT2D eigenvalue weighted by molar-refractivity contribution is 5.84. The molecule has 3 aromatic rings. The van der Waals surface area contributed by atoms with Crippen molar-refractivity contribution in [2.75, 3.05) is 18.0 Å². The van der Waals surface area contributed by atoms with Gasteiger partial charge in [-0.15, -0.1) is 5.10 Å². The van der Waals surface area contributed by atoms with Crippen LogP contribution in [-0.2, 0) is 6.54 Å². The van der Waals surface area contributed by atoms with Crippen LogP contribution in [0.1, 0.15) is 23.3 Å². The molecule has 0 aliphatic carbocycles. The number of carbonyl (C=O) groups is 1. The second-order valence-corrected chi connectivity index (χ2v) is 6.31. The maximum Gasteiger partial charge on any atom is 0.358 e. The number of tetrazole rings is 1. The number of carboxylic acid groups (broad SMARTS) is 1. The largest absolute Gasteiger partial charge is 0.476 e. The highest BCUT2D eigenvalue weighted by atomic mass is 16.4. The Morgan fingerprint density at radius 1 is 1.19 bits per heavy atom. The summed E-state index contributed by atoms with van der Waals surface area (Å²) in [4.78, 5) is 13.1. The minimum atomic E-state index is -1.07. The van der Waals surface area contributed by atoms with Gasteiger partial charge in [-0.3, -0.25) is 4.68 Å². The molecule has 134 valence electrons. The van der Waals surface area contributed by atoms with E-state index in [0.29, 0.717) is 18.4 Å². The predicted octanol–water partition coefficient (Wildman–Crippen LogP) is 0.869. The fraction of sp³-hybridized carbons (Fsp3) is 0.375. The van der Waals surface area contributed by atoms with Crippen molar-refractivity contribution in [2.45, 2.75) is 19.4 Å². The Balaban J connectivity index is 1.49. The predicted molar refractivity (Wildman–Crippen MR) is 91.1 cm³/mol. The Kier molecular flexibility index (Phi) is 4.30. The van der Waals surface area contributed by atoms with Crippen molar-refractivity contribution in [2.24, 2.45) is 5.92 Å². The van der Waals surface area contributed by atoms with Gasteiger partial charge in [-0.25, -0.2) is 4.79 Å². The van der Waals surface area contributed by atoms with Gasteiger partial charge in [0.05, 0.1) is 11.9 Å². The lowest BCUT2D eigenvalue weighted by atomic mass is 9.98. The third-order valence-electron chi connectivity index (χ3n) is 4.46. The normalized spacial score (nSPS) is 17.4. The van der Waals surface area contributed by atoms with Gasteiger partial charge in [-0.2, -0.15) is 4.68 Å². The molecule has 3 heterocycles. The fourth-order valence-electron chi connectivity index (χ4n) is 3.26. The average molecular weight is 354 g/mol. The van der Waals surface area contributed by atoms with Crippen LogP contribution in [0.2, 0.25) is 0 Å². The van der Waals surface area contributed by atoms with Crippen molar-refractivity contribution in [3.63, 3.8) is 0 Å². The number of carboxylic acids is 1. The zero-order valence-electron chi connectivity index (χ0n) is 14.0. The lowest BCUT2D eigenvalue weighted by molar-refractivity contribution is 0.0690. The van der Waals surface area contributed by atoms with Crippen LogP contribution in [0.4, 0.5) is 5.95 Å². The van der Waals surface area contributed by atoms with E-state index >= 15 is 0 Å². The minimum absolute atomic E-state index is 0.0364. The number of piperidine rings is 1. The third-order valence-corrected chi connectivity index (χ3v) is 4.46. The van der Waals surface area contributed by atoms with Crippen LogP contribution in [0.5, 0.6) is 0 Å². The molecule has 4 rings (SSSR count). The molecule has 1 atom stereocenters. The lowest BCUT2D eigenvalue weighted by Crippen LogP contribution is -2.38. The van der Waals surface area contributed by atoms with Crippen LogP contribution in [0.15, 0.2) is 36.5 Å². The van der Waals surface area contributed by atoms with Crippen LogP contribution in [0.25, 0.3) is 5.69 Å². The molecule has 1 fully saturated rings. The molecule has 1 aliphatic heterocycles. The monoisotopic (exact) mass is 354 g/mol. The molecule has 2 aromatic heterocycles. The molecule has 0 spiro atoms. The number of aromatic nitrogens is 7. The maximum absolute atomic E-state index is 10.9. The van der Waals surface area contributed by atoms with Crippen molar-refractivity contribution in [3.8, 4) is 5.69 Å². The van der Waals surface area contributed by atoms with E-state index in [0.717, 1.165) is 31.6 Å². The van der Waals surface area contributed by atoms with Crippen molar-refractivity contribution in [3.05, 3.63) is 42.2 Å². The first-order valence-corrected chi connectivity index (χ1v) is 8.43. The fourth-order valence-corrected chi connectivity index (χ4v) is 3.26. The Hall–Kier alpha value is -3.30. The number of rotatable bonds is 5. The van der Waals surface area contributed by atoms with Crippen molar-refractivity contribution < 1.29 is 9.90 Å². The molecule has 1 aliphatic rings. The number of anilines is 1. The summed E-state index contributed by atoms with van der Waals surface area (Å²) in [6.45, 7) is 2.26. The average Bonchev–Trinajstić information content (AvgIpc) is 3.32. The van der Waals surface area contributed by atoms with Gasteiger partial charge in [0.15, 0.2) is 5.69 Å². The van der Waals surface area contributed by atoms with Crippen molar-refractivity contribution >= 4 is 11.9 Å². The molecule has 0 amide bonds. The first-order valence-electron chi connectivity index (χ1n) is 8.43. The summed E-state index contributed by atoms with van der Waals surface area (Å²) in [6.07, 6.45) is 3.51. The molecular weight excluding hydrogens is 336 g/mol. The van der Waals surface area contributed by atoms with E-state index in [1.165, 1.54) is 6.20 Å². The topological polar surface area (TPSA) is 115 Å². The Morgan fingerprint density at radius 2 is 2.04 bits per heavy atom. The van der Waals surface area contributed by atoms with Crippen LogP contribution in [-0.4, -0.2) is 59.4 Å². The van der Waals surface area contributed by atoms with E-state index in [1.54, 1.807) is 9.36 Å². The van der Waals surface area contributed by atoms with Gasteiger partial charge >= 0.3 is 5.97 Å². The van der Waals surface area contributed by atoms with E-state index in [4.69, 9.17) is 5.11 Å². The molecular formula is C16H18N8O2. The van der Waals surface area contributed by atoms with Gasteiger partial charge in [0.25, 0.3) is 0 Å². The maximum atomic E-state index is 10.9. The summed E-state index contributed by atoms with van der Waals surface area (Å²) in [5.74, 6) is -0.0395. The Labute approximate surface area is 149 Å². The minimum Gasteiger partial charge on any atom is -0.476 e. The first-order chi connectivity index (χ1) is 12.7. The second kappa shape index (κ2) is 6.90. The van der Waals surface area contributed by atoms with E-state index in [1.807, 2.05) is 30.3 Å². The highest BCUT2D eigenvalue weighted by Gasteiger charge is 2.25. The molecule has 1 aromatic carbocycles. The molecule has 0 radical (unpaired) electrons. The number of hydrogen-bond acceptors (Lipinski definition) is 7. The number of para-hydroxylation sites is 1. The number of benzene rings is 1. The zero-order valence-corrected chi connectivity index (χ0v) is 14.0. The van der Waals surface area contributed by atoms with Gasteiger partial charge in [0.2, 0.25) is 5.95 Å². The van der Waals surface area contributed by atoms with Gasteiger partial charge in [0, 0.05) is 19.6 Å². The molecule has 1 saturated heterocycles. The standard InChI is InChI=1S/C16H18N8O2/c25-15(26)14-11-23(20-17-14)10-12-5-4-8-22(9-12)16-18-19-21-24(16)13-6-2-1-3-7-13/h1-3,6-7,11-12H,4-5,8-10H2,(H,25,26)/t12-/m0/s1. The van der Waals surface area contributed by atoms with Gasteiger partial charge in [0.1, 0.15) is 0 Å². The van der Waals surface area contributed by atoms with Crippen molar-refractivity contribution in [1.82, 2.24) is 35.2 Å². The summed E-state index contributed by atoms with van der Waals surface area (Å²) in [7, 11) is 0. The Morgan fingerprint density at radius 3 is 2.81 bits per heavy atom. The molecule has 0 saturated carbocycles. The van der Waals surface area contributed by atoms with E-state index < -0.39 is 5.97 Å². The van der Waals surface area contributed by atoms with Gasteiger partial charge in [-0.1, -0.05) is 28.5 Å². The summed E-state index contributed by atoms with van der Waals surface area (Å²) in [5, 5.41) is 28.7. The number of nitrogens with zero attached hydrogens (tertiary/aromatic N) is 8. The van der Waals surface area contributed by atoms with E-state index in [-0.39, 0.29) is 5.69 Å². The zero-order chi connectivity index (χ0) is 17.9. The van der Waals surface area contributed by atoms with Crippen LogP contribution in [0.3, 0.4) is 0 Å². The molecule has 0 unspecified atom stereocenters. The van der Waals surface area contributed by atoms with E-state index in [2.05, 4.69) is 30.7 Å². The summed E-state index contributed by atoms with van der Waals surface area (Å²) < 4.78 is 3.33. The molecule has 10 heteroatoms. The smallest absolute Gasteiger partial charge is 0.358 e. The summed E-state index contributed by atoms with van der Waals surface area (Å²) in [5.41, 5.74) is 0.877. The summed E-state index contributed by atoms with van der Waals surface area (Å²) in [6, 6.07) is 9.78. The van der Waals surface area contributed by atoms with Crippen LogP contribution in [0, 0.1) is 5.92 Å². The highest BCUT2D eigenvalue weighted by Crippen LogP contribution is 2.23. The van der Waals surface area contributed by atoms with Gasteiger partial charge < -0.3 is 10.0 Å². The molecule has 0 bridgehead atoms. The molecule has 10 nitrogen and oxygen atoms in total. The third kappa shape index (κ3) is 3.25. The lowest BCUT2D eigenvalue weighted by Gasteiger charge is -2.32. The number of hydrogen-bond donors (Lipinski definition) is 1. The quantitative estimate of drug-likeness (QED) is 0.718. The van der Waals surface area contributed by atoms with Crippen LogP contribution < -0.4 is 4.90 Å². The molecule has 26 heavy (non-hydrogen) atoms. The van der Waals surface area contributed by atoms with Gasteiger partial charge in [-0.05, 0) is 41.3 Å². The van der Waals surface area contributed by atoms with E-state index in [9.17, 15) is 4.79 Å². The second-order valence-electron chi connectivity index (χ2n) is 6.31. The summed E-state index contributed by atoms with van der Waals surface area (Å²) >= 11 is 0. The van der Waals surface area contributed by atoms with Crippen molar-refractivity contribution in [1.29, 1.82) is 0 Å². The SMILES string of the molecule is O=C(O)c1cn(C[C@H]2CCCN(c3nnnn3-c3ccccc3)C2)nn1. The number of aromatic carboxylic acids is 1. The Bertz CT molecular complexity index is 891. The first kappa shape index (κ1) is 16.2.